The Morgan fingerprint density at radius 3 is 2.19 bits per heavy atom. The Hall–Kier alpha value is -0.950. The number of primary sulfonamides is 1. The van der Waals surface area contributed by atoms with E-state index in [2.05, 4.69) is 24.0 Å². The molecule has 120 valence electrons. The van der Waals surface area contributed by atoms with E-state index < -0.39 is 10.0 Å². The van der Waals surface area contributed by atoms with Gasteiger partial charge in [0, 0.05) is 11.5 Å². The van der Waals surface area contributed by atoms with Crippen molar-refractivity contribution in [1.29, 1.82) is 0 Å². The van der Waals surface area contributed by atoms with Crippen LogP contribution in [0.15, 0.2) is 5.16 Å². The fourth-order valence-electron chi connectivity index (χ4n) is 3.65. The SMILES string of the molecule is CC(C)CC1(c2nnc(S(N)(=O)=O)n2C(C)C)CCCC1. The minimum atomic E-state index is -3.85. The number of nitrogens with zero attached hydrogens (tertiary/aromatic N) is 3. The number of hydrogen-bond donors (Lipinski definition) is 1. The fraction of sp³-hybridized carbons (Fsp3) is 0.857. The van der Waals surface area contributed by atoms with Gasteiger partial charge >= 0.3 is 0 Å². The molecule has 1 aliphatic carbocycles. The summed E-state index contributed by atoms with van der Waals surface area (Å²) >= 11 is 0. The molecule has 1 aliphatic rings. The van der Waals surface area contributed by atoms with E-state index in [0.29, 0.717) is 5.92 Å². The number of hydrogen-bond acceptors (Lipinski definition) is 4. The van der Waals surface area contributed by atoms with E-state index >= 15 is 0 Å². The van der Waals surface area contributed by atoms with Gasteiger partial charge in [-0.15, -0.1) is 10.2 Å². The molecular formula is C14H26N4O2S. The van der Waals surface area contributed by atoms with Crippen LogP contribution in [0.2, 0.25) is 0 Å². The summed E-state index contributed by atoms with van der Waals surface area (Å²) < 4.78 is 25.3. The van der Waals surface area contributed by atoms with Crippen molar-refractivity contribution in [2.75, 3.05) is 0 Å². The van der Waals surface area contributed by atoms with E-state index in [4.69, 9.17) is 5.14 Å². The van der Waals surface area contributed by atoms with Gasteiger partial charge in [-0.3, -0.25) is 4.57 Å². The molecule has 1 saturated carbocycles. The quantitative estimate of drug-likeness (QED) is 0.903. The van der Waals surface area contributed by atoms with Crippen molar-refractivity contribution in [3.05, 3.63) is 5.82 Å². The van der Waals surface area contributed by atoms with Crippen molar-refractivity contribution in [3.63, 3.8) is 0 Å². The molecule has 2 rings (SSSR count). The first-order chi connectivity index (χ1) is 9.67. The van der Waals surface area contributed by atoms with E-state index in [0.717, 1.165) is 37.9 Å². The van der Waals surface area contributed by atoms with Gasteiger partial charge < -0.3 is 0 Å². The van der Waals surface area contributed by atoms with Crippen molar-refractivity contribution in [2.45, 2.75) is 76.4 Å². The summed E-state index contributed by atoms with van der Waals surface area (Å²) in [6, 6.07) is -0.0343. The topological polar surface area (TPSA) is 90.9 Å². The molecule has 0 bridgehead atoms. The molecule has 0 radical (unpaired) electrons. The molecule has 7 heteroatoms. The second-order valence-corrected chi connectivity index (χ2v) is 8.36. The Kier molecular flexibility index (Phi) is 4.44. The maximum Gasteiger partial charge on any atom is 0.273 e. The van der Waals surface area contributed by atoms with Gasteiger partial charge in [0.1, 0.15) is 5.82 Å². The van der Waals surface area contributed by atoms with Gasteiger partial charge in [0.25, 0.3) is 15.2 Å². The average molecular weight is 314 g/mol. The Bertz CT molecular complexity index is 598. The normalized spacial score (nSPS) is 18.8. The second kappa shape index (κ2) is 5.68. The van der Waals surface area contributed by atoms with E-state index in [1.807, 2.05) is 13.8 Å². The summed E-state index contributed by atoms with van der Waals surface area (Å²) in [6.07, 6.45) is 5.40. The van der Waals surface area contributed by atoms with Crippen LogP contribution in [-0.2, 0) is 15.4 Å². The monoisotopic (exact) mass is 314 g/mol. The van der Waals surface area contributed by atoms with Crippen LogP contribution < -0.4 is 5.14 Å². The van der Waals surface area contributed by atoms with Crippen molar-refractivity contribution in [3.8, 4) is 0 Å². The summed E-state index contributed by atoms with van der Waals surface area (Å²) in [4.78, 5) is 0. The Balaban J connectivity index is 2.59. The lowest BCUT2D eigenvalue weighted by Crippen LogP contribution is -2.31. The fourth-order valence-corrected chi connectivity index (χ4v) is 4.38. The molecule has 2 N–H and O–H groups in total. The molecule has 0 saturated heterocycles. The Morgan fingerprint density at radius 1 is 1.19 bits per heavy atom. The van der Waals surface area contributed by atoms with E-state index in [1.165, 1.54) is 0 Å². The van der Waals surface area contributed by atoms with Gasteiger partial charge in [-0.1, -0.05) is 26.7 Å². The van der Waals surface area contributed by atoms with Gasteiger partial charge in [-0.05, 0) is 39.0 Å². The van der Waals surface area contributed by atoms with Gasteiger partial charge in [0.15, 0.2) is 0 Å². The molecule has 0 spiro atoms. The van der Waals surface area contributed by atoms with Crippen LogP contribution in [0.4, 0.5) is 0 Å². The highest BCUT2D eigenvalue weighted by molar-refractivity contribution is 7.89. The van der Waals surface area contributed by atoms with Crippen LogP contribution in [0, 0.1) is 5.92 Å². The van der Waals surface area contributed by atoms with Gasteiger partial charge in [0.2, 0.25) is 0 Å². The first-order valence-electron chi connectivity index (χ1n) is 7.65. The summed E-state index contributed by atoms with van der Waals surface area (Å²) in [7, 11) is -3.85. The molecule has 0 amide bonds. The average Bonchev–Trinajstić information content (AvgIpc) is 2.92. The van der Waals surface area contributed by atoms with Crippen molar-refractivity contribution < 1.29 is 8.42 Å². The third-order valence-corrected chi connectivity index (χ3v) is 5.06. The molecule has 1 aromatic rings. The molecule has 0 atom stereocenters. The molecule has 21 heavy (non-hydrogen) atoms. The van der Waals surface area contributed by atoms with Crippen LogP contribution in [-0.4, -0.2) is 23.2 Å². The summed E-state index contributed by atoms with van der Waals surface area (Å²) in [5, 5.41) is 13.4. The molecular weight excluding hydrogens is 288 g/mol. The third kappa shape index (κ3) is 3.13. The van der Waals surface area contributed by atoms with Gasteiger partial charge in [0.05, 0.1) is 0 Å². The highest BCUT2D eigenvalue weighted by Gasteiger charge is 2.42. The van der Waals surface area contributed by atoms with Crippen molar-refractivity contribution >= 4 is 10.0 Å². The number of sulfonamides is 1. The predicted octanol–water partition coefficient (Wildman–Crippen LogP) is 2.36. The molecule has 1 aromatic heterocycles. The van der Waals surface area contributed by atoms with Crippen molar-refractivity contribution in [1.82, 2.24) is 14.8 Å². The molecule has 6 nitrogen and oxygen atoms in total. The molecule has 1 heterocycles. The first kappa shape index (κ1) is 16.4. The maximum atomic E-state index is 11.8. The first-order valence-corrected chi connectivity index (χ1v) is 9.20. The minimum Gasteiger partial charge on any atom is -0.298 e. The highest BCUT2D eigenvalue weighted by atomic mass is 32.2. The third-order valence-electron chi connectivity index (χ3n) is 4.27. The lowest BCUT2D eigenvalue weighted by Gasteiger charge is -2.31. The molecule has 0 aromatic carbocycles. The summed E-state index contributed by atoms with van der Waals surface area (Å²) in [5.41, 5.74) is -0.0611. The minimum absolute atomic E-state index is 0.0343. The van der Waals surface area contributed by atoms with Crippen LogP contribution >= 0.6 is 0 Å². The van der Waals surface area contributed by atoms with Crippen LogP contribution in [0.1, 0.15) is 71.7 Å². The van der Waals surface area contributed by atoms with Crippen LogP contribution in [0.5, 0.6) is 0 Å². The largest absolute Gasteiger partial charge is 0.298 e. The summed E-state index contributed by atoms with van der Waals surface area (Å²) in [6.45, 7) is 8.27. The van der Waals surface area contributed by atoms with E-state index in [-0.39, 0.29) is 16.6 Å². The zero-order chi connectivity index (χ0) is 15.8. The molecule has 0 aliphatic heterocycles. The van der Waals surface area contributed by atoms with E-state index in [1.54, 1.807) is 4.57 Å². The maximum absolute atomic E-state index is 11.8. The zero-order valence-corrected chi connectivity index (χ0v) is 14.2. The van der Waals surface area contributed by atoms with Gasteiger partial charge in [-0.2, -0.15) is 0 Å². The Morgan fingerprint density at radius 2 is 1.76 bits per heavy atom. The lowest BCUT2D eigenvalue weighted by atomic mass is 9.77. The number of aromatic nitrogens is 3. The van der Waals surface area contributed by atoms with Crippen LogP contribution in [0.3, 0.4) is 0 Å². The predicted molar refractivity (Wildman–Crippen MR) is 81.4 cm³/mol. The smallest absolute Gasteiger partial charge is 0.273 e. The van der Waals surface area contributed by atoms with Crippen molar-refractivity contribution in [2.24, 2.45) is 11.1 Å². The lowest BCUT2D eigenvalue weighted by molar-refractivity contribution is 0.307. The standard InChI is InChI=1S/C14H26N4O2S/c1-10(2)9-14(7-5-6-8-14)12-16-17-13(21(15,19)20)18(12)11(3)4/h10-11H,5-9H2,1-4H3,(H2,15,19,20). The van der Waals surface area contributed by atoms with Crippen LogP contribution in [0.25, 0.3) is 0 Å². The second-order valence-electron chi connectivity index (χ2n) is 6.90. The number of nitrogens with two attached hydrogens (primary N) is 1. The highest BCUT2D eigenvalue weighted by Crippen LogP contribution is 2.45. The van der Waals surface area contributed by atoms with Gasteiger partial charge in [-0.25, -0.2) is 13.6 Å². The van der Waals surface area contributed by atoms with E-state index in [9.17, 15) is 8.42 Å². The molecule has 1 fully saturated rings. The Labute approximate surface area is 127 Å². The zero-order valence-electron chi connectivity index (χ0n) is 13.3. The summed E-state index contributed by atoms with van der Waals surface area (Å²) in [5.74, 6) is 1.33. The number of rotatable bonds is 5. The molecule has 0 unspecified atom stereocenters.